The summed E-state index contributed by atoms with van der Waals surface area (Å²) in [5.74, 6) is 0.0914. The molecule has 118 valence electrons. The number of benzene rings is 1. The average molecular weight is 315 g/mol. The van der Waals surface area contributed by atoms with Crippen molar-refractivity contribution in [1.29, 1.82) is 0 Å². The fourth-order valence-electron chi connectivity index (χ4n) is 2.43. The van der Waals surface area contributed by atoms with Crippen LogP contribution in [0.3, 0.4) is 0 Å². The number of para-hydroxylation sites is 1. The van der Waals surface area contributed by atoms with E-state index in [1.54, 1.807) is 0 Å². The van der Waals surface area contributed by atoms with Crippen LogP contribution in [0.5, 0.6) is 5.75 Å². The zero-order valence-electron chi connectivity index (χ0n) is 12.2. The number of ether oxygens (including phenoxy) is 2. The highest BCUT2D eigenvalue weighted by molar-refractivity contribution is 7.84. The average Bonchev–Trinajstić information content (AvgIpc) is 2.45. The van der Waals surface area contributed by atoms with Crippen LogP contribution in [0.4, 0.5) is 0 Å². The maximum Gasteiger partial charge on any atom is 0.333 e. The van der Waals surface area contributed by atoms with Gasteiger partial charge in [0.15, 0.2) is 0 Å². The minimum Gasteiger partial charge on any atom is -0.462 e. The van der Waals surface area contributed by atoms with E-state index in [4.69, 9.17) is 14.6 Å². The summed E-state index contributed by atoms with van der Waals surface area (Å²) in [5, 5.41) is 4.84. The van der Waals surface area contributed by atoms with Gasteiger partial charge in [0.05, 0.1) is 12.7 Å². The molecule has 21 heavy (non-hydrogen) atoms. The third-order valence-electron chi connectivity index (χ3n) is 3.62. The van der Waals surface area contributed by atoms with Crippen LogP contribution >= 0.6 is 0 Å². The third-order valence-corrected chi connectivity index (χ3v) is 4.12. The van der Waals surface area contributed by atoms with E-state index < -0.39 is 16.1 Å². The number of nitrogens with two attached hydrogens (primary N) is 1. The molecule has 0 aliphatic carbocycles. The minimum absolute atomic E-state index is 0.0264. The van der Waals surface area contributed by atoms with Crippen LogP contribution in [0.15, 0.2) is 24.3 Å². The molecule has 0 unspecified atom stereocenters. The molecule has 2 N–H and O–H groups in total. The van der Waals surface area contributed by atoms with Gasteiger partial charge in [0.2, 0.25) is 5.79 Å². The number of hydrogen-bond donors (Lipinski definition) is 1. The highest BCUT2D eigenvalue weighted by Crippen LogP contribution is 2.42. The van der Waals surface area contributed by atoms with Gasteiger partial charge in [-0.05, 0) is 6.07 Å². The second-order valence-electron chi connectivity index (χ2n) is 4.97. The minimum atomic E-state index is -3.93. The van der Waals surface area contributed by atoms with Crippen molar-refractivity contribution in [3.63, 3.8) is 0 Å². The second-order valence-corrected chi connectivity index (χ2v) is 6.19. The lowest BCUT2D eigenvalue weighted by atomic mass is 10.0. The molecule has 1 atom stereocenters. The highest BCUT2D eigenvalue weighted by Gasteiger charge is 2.39. The van der Waals surface area contributed by atoms with Gasteiger partial charge in [-0.25, -0.2) is 5.14 Å². The Balaban J connectivity index is 2.18. The van der Waals surface area contributed by atoms with Crippen LogP contribution in [0.1, 0.15) is 44.8 Å². The van der Waals surface area contributed by atoms with Crippen molar-refractivity contribution in [2.75, 3.05) is 6.61 Å². The maximum atomic E-state index is 10.8. The first kappa shape index (κ1) is 16.2. The second kappa shape index (κ2) is 6.31. The monoisotopic (exact) mass is 315 g/mol. The van der Waals surface area contributed by atoms with Crippen LogP contribution < -0.4 is 9.88 Å². The normalized spacial score (nSPS) is 20.6. The predicted molar refractivity (Wildman–Crippen MR) is 77.9 cm³/mol. The summed E-state index contributed by atoms with van der Waals surface area (Å²) in [4.78, 5) is 0. The molecule has 1 aliphatic heterocycles. The Bertz CT molecular complexity index is 583. The van der Waals surface area contributed by atoms with Gasteiger partial charge in [0.25, 0.3) is 0 Å². The van der Waals surface area contributed by atoms with Crippen molar-refractivity contribution in [3.05, 3.63) is 29.8 Å². The molecule has 0 spiro atoms. The lowest BCUT2D eigenvalue weighted by Crippen LogP contribution is -2.42. The molecule has 1 heterocycles. The number of hydrogen-bond acceptors (Lipinski definition) is 5. The molecular formula is C14H21NO5S. The van der Waals surface area contributed by atoms with E-state index in [-0.39, 0.29) is 12.7 Å². The van der Waals surface area contributed by atoms with E-state index in [2.05, 4.69) is 4.18 Å². The molecule has 1 aromatic rings. The topological polar surface area (TPSA) is 87.9 Å². The molecule has 0 saturated heterocycles. The van der Waals surface area contributed by atoms with Crippen molar-refractivity contribution in [1.82, 2.24) is 0 Å². The van der Waals surface area contributed by atoms with E-state index in [0.29, 0.717) is 19.3 Å². The lowest BCUT2D eigenvalue weighted by Gasteiger charge is -2.41. The number of fused-ring (bicyclic) bond motifs is 1. The van der Waals surface area contributed by atoms with Crippen molar-refractivity contribution >= 4 is 10.3 Å². The van der Waals surface area contributed by atoms with Gasteiger partial charge in [-0.2, -0.15) is 8.42 Å². The molecule has 0 radical (unpaired) electrons. The lowest BCUT2D eigenvalue weighted by molar-refractivity contribution is -0.235. The molecule has 7 heteroatoms. The van der Waals surface area contributed by atoms with E-state index in [0.717, 1.165) is 11.3 Å². The molecule has 1 aliphatic rings. The Morgan fingerprint density at radius 1 is 1.29 bits per heavy atom. The summed E-state index contributed by atoms with van der Waals surface area (Å²) in [7, 11) is -3.93. The highest BCUT2D eigenvalue weighted by atomic mass is 32.2. The van der Waals surface area contributed by atoms with Crippen molar-refractivity contribution in [3.8, 4) is 5.75 Å². The SMILES string of the molecule is CCC1(CC)Oc2ccccc2[C@H](CCOS(N)(=O)=O)O1. The summed E-state index contributed by atoms with van der Waals surface area (Å²) < 4.78 is 38.4. The quantitative estimate of drug-likeness (QED) is 0.870. The largest absolute Gasteiger partial charge is 0.462 e. The Labute approximate surface area is 125 Å². The third kappa shape index (κ3) is 3.94. The van der Waals surface area contributed by atoms with Gasteiger partial charge in [0, 0.05) is 24.8 Å². The first-order valence-corrected chi connectivity index (χ1v) is 8.49. The Hall–Kier alpha value is -1.15. The van der Waals surface area contributed by atoms with E-state index in [9.17, 15) is 8.42 Å². The Morgan fingerprint density at radius 3 is 2.57 bits per heavy atom. The zero-order chi connectivity index (χ0) is 15.5. The summed E-state index contributed by atoms with van der Waals surface area (Å²) in [6, 6.07) is 7.60. The van der Waals surface area contributed by atoms with E-state index in [1.165, 1.54) is 0 Å². The van der Waals surface area contributed by atoms with E-state index >= 15 is 0 Å². The predicted octanol–water partition coefficient (Wildman–Crippen LogP) is 2.26. The van der Waals surface area contributed by atoms with Crippen molar-refractivity contribution < 1.29 is 22.1 Å². The van der Waals surface area contributed by atoms with Crippen LogP contribution in [0.2, 0.25) is 0 Å². The van der Waals surface area contributed by atoms with Crippen molar-refractivity contribution in [2.24, 2.45) is 5.14 Å². The van der Waals surface area contributed by atoms with Crippen LogP contribution in [-0.4, -0.2) is 20.8 Å². The number of rotatable bonds is 6. The van der Waals surface area contributed by atoms with E-state index in [1.807, 2.05) is 38.1 Å². The fraction of sp³-hybridized carbons (Fsp3) is 0.571. The Kier molecular flexibility index (Phi) is 4.88. The first-order chi connectivity index (χ1) is 9.89. The van der Waals surface area contributed by atoms with Gasteiger partial charge in [-0.15, -0.1) is 0 Å². The first-order valence-electron chi connectivity index (χ1n) is 7.02. The summed E-state index contributed by atoms with van der Waals surface area (Å²) in [6.07, 6.45) is 1.50. The summed E-state index contributed by atoms with van der Waals surface area (Å²) in [6.45, 7) is 3.96. The molecule has 1 aromatic carbocycles. The molecule has 0 aromatic heterocycles. The molecule has 0 saturated carbocycles. The molecule has 0 amide bonds. The summed E-state index contributed by atoms with van der Waals surface area (Å²) >= 11 is 0. The molecule has 2 rings (SSSR count). The van der Waals surface area contributed by atoms with Crippen LogP contribution in [0, 0.1) is 0 Å². The van der Waals surface area contributed by atoms with Gasteiger partial charge < -0.3 is 9.47 Å². The Morgan fingerprint density at radius 2 is 1.95 bits per heavy atom. The summed E-state index contributed by atoms with van der Waals surface area (Å²) in [5.41, 5.74) is 0.896. The van der Waals surface area contributed by atoms with Gasteiger partial charge in [-0.3, -0.25) is 4.18 Å². The maximum absolute atomic E-state index is 10.8. The van der Waals surface area contributed by atoms with Gasteiger partial charge in [0.1, 0.15) is 5.75 Å². The van der Waals surface area contributed by atoms with Crippen LogP contribution in [0.25, 0.3) is 0 Å². The molecule has 6 nitrogen and oxygen atoms in total. The standard InChI is InChI=1S/C14H21NO5S/c1-3-14(4-2)19-12-8-6-5-7-11(12)13(20-14)9-10-18-21(15,16)17/h5-8,13H,3-4,9-10H2,1-2H3,(H2,15,16,17)/t13-/m0/s1. The van der Waals surface area contributed by atoms with Gasteiger partial charge >= 0.3 is 10.3 Å². The van der Waals surface area contributed by atoms with Crippen molar-refractivity contribution in [2.45, 2.75) is 45.0 Å². The smallest absolute Gasteiger partial charge is 0.333 e. The fourth-order valence-corrected chi connectivity index (χ4v) is 2.76. The molecular weight excluding hydrogens is 294 g/mol. The van der Waals surface area contributed by atoms with Crippen LogP contribution in [-0.2, 0) is 19.2 Å². The molecule has 0 fully saturated rings. The molecule has 0 bridgehead atoms. The zero-order valence-corrected chi connectivity index (χ0v) is 13.1. The van der Waals surface area contributed by atoms with Gasteiger partial charge in [-0.1, -0.05) is 32.0 Å².